The van der Waals surface area contributed by atoms with Crippen LogP contribution in [-0.4, -0.2) is 25.2 Å². The molecule has 0 bridgehead atoms. The van der Waals surface area contributed by atoms with Crippen LogP contribution in [0.3, 0.4) is 0 Å². The van der Waals surface area contributed by atoms with Gasteiger partial charge in [-0.25, -0.2) is 0 Å². The Labute approximate surface area is 94.7 Å². The summed E-state index contributed by atoms with van der Waals surface area (Å²) in [4.78, 5) is 6.83. The van der Waals surface area contributed by atoms with Crippen LogP contribution in [0.2, 0.25) is 0 Å². The van der Waals surface area contributed by atoms with Gasteiger partial charge in [-0.1, -0.05) is 6.07 Å². The van der Waals surface area contributed by atoms with Crippen molar-refractivity contribution in [2.24, 2.45) is 0 Å². The third kappa shape index (κ3) is 1.32. The number of ether oxygens (including phenoxy) is 1. The van der Waals surface area contributed by atoms with Gasteiger partial charge in [-0.3, -0.25) is 4.98 Å². The second kappa shape index (κ2) is 3.37. The zero-order chi connectivity index (χ0) is 11.1. The van der Waals surface area contributed by atoms with E-state index in [4.69, 9.17) is 4.74 Å². The van der Waals surface area contributed by atoms with E-state index in [9.17, 15) is 0 Å². The van der Waals surface area contributed by atoms with Gasteiger partial charge in [0.25, 0.3) is 0 Å². The number of rotatable bonds is 0. The summed E-state index contributed by atoms with van der Waals surface area (Å²) < 4.78 is 5.66. The summed E-state index contributed by atoms with van der Waals surface area (Å²) in [5.74, 6) is 0.944. The minimum Gasteiger partial charge on any atom is -0.489 e. The highest BCUT2D eigenvalue weighted by atomic mass is 16.5. The topological polar surface area (TPSA) is 25.4 Å². The smallest absolute Gasteiger partial charge is 0.144 e. The highest BCUT2D eigenvalue weighted by Gasteiger charge is 2.18. The molecule has 0 saturated carbocycles. The van der Waals surface area contributed by atoms with Crippen LogP contribution in [0.15, 0.2) is 24.3 Å². The highest BCUT2D eigenvalue weighted by molar-refractivity contribution is 5.94. The maximum Gasteiger partial charge on any atom is 0.144 e. The minimum absolute atomic E-state index is 0.751. The van der Waals surface area contributed by atoms with Gasteiger partial charge < -0.3 is 9.64 Å². The van der Waals surface area contributed by atoms with Crippen molar-refractivity contribution < 1.29 is 4.74 Å². The molecule has 3 nitrogen and oxygen atoms in total. The van der Waals surface area contributed by atoms with Crippen LogP contribution in [-0.2, 0) is 0 Å². The normalized spacial score (nSPS) is 14.8. The fourth-order valence-corrected chi connectivity index (χ4v) is 2.14. The quantitative estimate of drug-likeness (QED) is 0.673. The second-order valence-electron chi connectivity index (χ2n) is 4.21. The molecule has 1 aliphatic heterocycles. The van der Waals surface area contributed by atoms with Crippen LogP contribution >= 0.6 is 0 Å². The molecular formula is C13H14N2O. The van der Waals surface area contributed by atoms with E-state index in [2.05, 4.69) is 29.1 Å². The lowest BCUT2D eigenvalue weighted by Gasteiger charge is -2.28. The Morgan fingerprint density at radius 2 is 2.06 bits per heavy atom. The Balaban J connectivity index is 2.36. The predicted octanol–water partition coefficient (Wildman–Crippen LogP) is 2.37. The number of fused-ring (bicyclic) bond motifs is 3. The van der Waals surface area contributed by atoms with Crippen molar-refractivity contribution in [2.45, 2.75) is 6.92 Å². The lowest BCUT2D eigenvalue weighted by atomic mass is 10.1. The molecule has 2 heterocycles. The average Bonchev–Trinajstić information content (AvgIpc) is 2.28. The largest absolute Gasteiger partial charge is 0.489 e. The van der Waals surface area contributed by atoms with Crippen molar-refractivity contribution in [3.8, 4) is 5.75 Å². The summed E-state index contributed by atoms with van der Waals surface area (Å²) in [6.45, 7) is 3.69. The summed E-state index contributed by atoms with van der Waals surface area (Å²) in [7, 11) is 2.09. The Bertz CT molecular complexity index is 551. The molecule has 3 heteroatoms. The molecule has 0 saturated heterocycles. The predicted molar refractivity (Wildman–Crippen MR) is 65.2 cm³/mol. The number of hydrogen-bond acceptors (Lipinski definition) is 3. The molecule has 0 amide bonds. The van der Waals surface area contributed by atoms with E-state index in [0.29, 0.717) is 0 Å². The zero-order valence-corrected chi connectivity index (χ0v) is 9.53. The average molecular weight is 214 g/mol. The summed E-state index contributed by atoms with van der Waals surface area (Å²) in [5.41, 5.74) is 3.20. The van der Waals surface area contributed by atoms with E-state index in [1.54, 1.807) is 0 Å². The number of nitrogens with zero attached hydrogens (tertiary/aromatic N) is 2. The maximum absolute atomic E-state index is 5.66. The molecule has 1 aliphatic rings. The van der Waals surface area contributed by atoms with E-state index < -0.39 is 0 Å². The van der Waals surface area contributed by atoms with Gasteiger partial charge in [-0.15, -0.1) is 0 Å². The number of hydrogen-bond donors (Lipinski definition) is 0. The van der Waals surface area contributed by atoms with Gasteiger partial charge >= 0.3 is 0 Å². The number of aromatic nitrogens is 1. The Kier molecular flexibility index (Phi) is 1.99. The number of likely N-dealkylation sites (N-methyl/N-ethyl adjacent to an activating group) is 1. The summed E-state index contributed by atoms with van der Waals surface area (Å²) in [6.07, 6.45) is 0. The molecule has 0 atom stereocenters. The van der Waals surface area contributed by atoms with Gasteiger partial charge in [0.05, 0.1) is 12.1 Å². The summed E-state index contributed by atoms with van der Waals surface area (Å²) >= 11 is 0. The molecule has 0 unspecified atom stereocenters. The molecular weight excluding hydrogens is 200 g/mol. The van der Waals surface area contributed by atoms with Gasteiger partial charge in [0.2, 0.25) is 0 Å². The number of aryl methyl sites for hydroxylation is 1. The molecule has 0 N–H and O–H groups in total. The number of anilines is 1. The van der Waals surface area contributed by atoms with Crippen molar-refractivity contribution in [3.05, 3.63) is 30.0 Å². The van der Waals surface area contributed by atoms with E-state index in [0.717, 1.165) is 35.8 Å². The number of pyridine rings is 1. The third-order valence-electron chi connectivity index (χ3n) is 3.00. The summed E-state index contributed by atoms with van der Waals surface area (Å²) in [5, 5.41) is 1.17. The first-order valence-electron chi connectivity index (χ1n) is 5.50. The Hall–Kier alpha value is -1.77. The molecule has 3 rings (SSSR count). The lowest BCUT2D eigenvalue weighted by molar-refractivity contribution is 0.312. The van der Waals surface area contributed by atoms with Crippen LogP contribution < -0.4 is 9.64 Å². The first kappa shape index (κ1) is 9.46. The van der Waals surface area contributed by atoms with E-state index in [1.807, 2.05) is 19.1 Å². The van der Waals surface area contributed by atoms with Gasteiger partial charge in [-0.05, 0) is 25.1 Å². The molecule has 0 fully saturated rings. The molecule has 16 heavy (non-hydrogen) atoms. The van der Waals surface area contributed by atoms with Crippen molar-refractivity contribution in [1.29, 1.82) is 0 Å². The van der Waals surface area contributed by atoms with Crippen molar-refractivity contribution in [1.82, 2.24) is 4.98 Å². The third-order valence-corrected chi connectivity index (χ3v) is 3.00. The summed E-state index contributed by atoms with van der Waals surface area (Å²) in [6, 6.07) is 8.25. The van der Waals surface area contributed by atoms with E-state index in [-0.39, 0.29) is 0 Å². The molecule has 82 valence electrons. The van der Waals surface area contributed by atoms with Crippen molar-refractivity contribution in [2.75, 3.05) is 25.1 Å². The molecule has 1 aromatic carbocycles. The van der Waals surface area contributed by atoms with Gasteiger partial charge in [0.1, 0.15) is 18.0 Å². The Morgan fingerprint density at radius 3 is 2.94 bits per heavy atom. The van der Waals surface area contributed by atoms with Gasteiger partial charge in [0.15, 0.2) is 0 Å². The molecule has 1 aromatic heterocycles. The van der Waals surface area contributed by atoms with Crippen LogP contribution in [0.1, 0.15) is 5.69 Å². The van der Waals surface area contributed by atoms with E-state index in [1.165, 1.54) is 5.39 Å². The molecule has 2 aromatic rings. The fourth-order valence-electron chi connectivity index (χ4n) is 2.14. The minimum atomic E-state index is 0.751. The lowest BCUT2D eigenvalue weighted by Crippen LogP contribution is -2.29. The van der Waals surface area contributed by atoms with Gasteiger partial charge in [0, 0.05) is 18.1 Å². The Morgan fingerprint density at radius 1 is 1.25 bits per heavy atom. The van der Waals surface area contributed by atoms with Crippen LogP contribution in [0.4, 0.5) is 5.69 Å². The fraction of sp³-hybridized carbons (Fsp3) is 0.308. The van der Waals surface area contributed by atoms with Crippen LogP contribution in [0, 0.1) is 6.92 Å². The monoisotopic (exact) mass is 214 g/mol. The molecule has 0 radical (unpaired) electrons. The molecule has 0 aliphatic carbocycles. The van der Waals surface area contributed by atoms with Crippen molar-refractivity contribution >= 4 is 16.6 Å². The SMILES string of the molecule is Cc1ccc2ccc3c(c2n1)N(C)CCO3. The van der Waals surface area contributed by atoms with Crippen molar-refractivity contribution in [3.63, 3.8) is 0 Å². The number of benzene rings is 1. The van der Waals surface area contributed by atoms with E-state index >= 15 is 0 Å². The highest BCUT2D eigenvalue weighted by Crippen LogP contribution is 2.36. The van der Waals surface area contributed by atoms with Gasteiger partial charge in [-0.2, -0.15) is 0 Å². The second-order valence-corrected chi connectivity index (χ2v) is 4.21. The first-order chi connectivity index (χ1) is 7.75. The standard InChI is InChI=1S/C13H14N2O/c1-9-3-4-10-5-6-11-13(12(10)14-9)15(2)7-8-16-11/h3-6H,7-8H2,1-2H3. The zero-order valence-electron chi connectivity index (χ0n) is 9.53. The maximum atomic E-state index is 5.66. The van der Waals surface area contributed by atoms with Crippen LogP contribution in [0.5, 0.6) is 5.75 Å². The van der Waals surface area contributed by atoms with Crippen LogP contribution in [0.25, 0.3) is 10.9 Å². The first-order valence-corrected chi connectivity index (χ1v) is 5.50. The molecule has 0 spiro atoms.